The zero-order valence-electron chi connectivity index (χ0n) is 13.2. The molecule has 1 aliphatic rings. The van der Waals surface area contributed by atoms with Gasteiger partial charge in [-0.3, -0.25) is 9.59 Å². The Labute approximate surface area is 139 Å². The third-order valence-electron chi connectivity index (χ3n) is 4.00. The fraction of sp³-hybridized carbons (Fsp3) is 0.222. The van der Waals surface area contributed by atoms with Crippen molar-refractivity contribution in [3.8, 4) is 11.5 Å². The van der Waals surface area contributed by atoms with Crippen molar-refractivity contribution in [3.63, 3.8) is 0 Å². The molecule has 1 atom stereocenters. The number of anilines is 1. The molecular weight excluding hydrogens is 308 g/mol. The van der Waals surface area contributed by atoms with Crippen LogP contribution in [0.2, 0.25) is 0 Å². The van der Waals surface area contributed by atoms with Crippen molar-refractivity contribution < 1.29 is 19.1 Å². The fourth-order valence-corrected chi connectivity index (χ4v) is 2.71. The molecule has 0 radical (unpaired) electrons. The van der Waals surface area contributed by atoms with Crippen molar-refractivity contribution in [1.29, 1.82) is 0 Å². The predicted molar refractivity (Wildman–Crippen MR) is 89.3 cm³/mol. The van der Waals surface area contributed by atoms with Gasteiger partial charge in [0.2, 0.25) is 5.91 Å². The van der Waals surface area contributed by atoms with Crippen LogP contribution in [0.15, 0.2) is 42.5 Å². The molecule has 0 aromatic heterocycles. The molecular formula is C18H18N2O4. The number of carbonyl (C=O) groups is 2. The first-order valence-corrected chi connectivity index (χ1v) is 7.58. The fourth-order valence-electron chi connectivity index (χ4n) is 2.71. The number of nitrogens with one attached hydrogen (secondary N) is 1. The van der Waals surface area contributed by atoms with E-state index >= 15 is 0 Å². The highest BCUT2D eigenvalue weighted by Crippen LogP contribution is 2.31. The number of primary amides is 1. The van der Waals surface area contributed by atoms with E-state index in [9.17, 15) is 9.59 Å². The largest absolute Gasteiger partial charge is 0.497 e. The van der Waals surface area contributed by atoms with Crippen LogP contribution in [0.3, 0.4) is 0 Å². The molecule has 0 aliphatic carbocycles. The Kier molecular flexibility index (Phi) is 4.37. The predicted octanol–water partition coefficient (Wildman–Crippen LogP) is 1.98. The Balaban J connectivity index is 1.76. The lowest BCUT2D eigenvalue weighted by molar-refractivity contribution is -0.121. The number of hydrogen-bond acceptors (Lipinski definition) is 4. The van der Waals surface area contributed by atoms with Crippen LogP contribution in [0.1, 0.15) is 15.9 Å². The van der Waals surface area contributed by atoms with Gasteiger partial charge >= 0.3 is 0 Å². The molecule has 6 nitrogen and oxygen atoms in total. The van der Waals surface area contributed by atoms with Gasteiger partial charge < -0.3 is 20.5 Å². The van der Waals surface area contributed by atoms with Gasteiger partial charge in [0, 0.05) is 0 Å². The van der Waals surface area contributed by atoms with E-state index in [0.717, 1.165) is 17.1 Å². The van der Waals surface area contributed by atoms with Crippen molar-refractivity contribution in [3.05, 3.63) is 53.6 Å². The number of amides is 2. The molecule has 0 saturated carbocycles. The number of nitrogens with two attached hydrogens (primary N) is 1. The van der Waals surface area contributed by atoms with Crippen LogP contribution in [0.25, 0.3) is 0 Å². The first kappa shape index (κ1) is 15.9. The molecule has 1 aliphatic heterocycles. The summed E-state index contributed by atoms with van der Waals surface area (Å²) in [6.07, 6.45) is 0.539. The lowest BCUT2D eigenvalue weighted by Crippen LogP contribution is -2.33. The van der Waals surface area contributed by atoms with Gasteiger partial charge in [0.05, 0.1) is 24.3 Å². The van der Waals surface area contributed by atoms with E-state index in [1.165, 1.54) is 0 Å². The minimum absolute atomic E-state index is 0.211. The lowest BCUT2D eigenvalue weighted by Gasteiger charge is -2.25. The van der Waals surface area contributed by atoms with Gasteiger partial charge in [0.15, 0.2) is 0 Å². The second kappa shape index (κ2) is 6.62. The average molecular weight is 326 g/mol. The van der Waals surface area contributed by atoms with Crippen LogP contribution in [0, 0.1) is 5.92 Å². The van der Waals surface area contributed by atoms with Crippen LogP contribution in [-0.2, 0) is 11.2 Å². The highest BCUT2D eigenvalue weighted by atomic mass is 16.5. The van der Waals surface area contributed by atoms with Gasteiger partial charge in [-0.15, -0.1) is 0 Å². The van der Waals surface area contributed by atoms with E-state index < -0.39 is 5.91 Å². The second-order valence-electron chi connectivity index (χ2n) is 5.58. The number of para-hydroxylation sites is 1. The van der Waals surface area contributed by atoms with Gasteiger partial charge in [-0.2, -0.15) is 0 Å². The molecule has 3 rings (SSSR count). The summed E-state index contributed by atoms with van der Waals surface area (Å²) in [6, 6.07) is 12.2. The second-order valence-corrected chi connectivity index (χ2v) is 5.58. The van der Waals surface area contributed by atoms with Crippen molar-refractivity contribution in [2.24, 2.45) is 11.7 Å². The Morgan fingerprint density at radius 3 is 2.79 bits per heavy atom. The van der Waals surface area contributed by atoms with E-state index in [-0.39, 0.29) is 24.0 Å². The first-order valence-electron chi connectivity index (χ1n) is 7.58. The Morgan fingerprint density at radius 2 is 2.04 bits per heavy atom. The van der Waals surface area contributed by atoms with Gasteiger partial charge in [-0.25, -0.2) is 0 Å². The number of methoxy groups -OCH3 is 1. The van der Waals surface area contributed by atoms with Gasteiger partial charge in [0.1, 0.15) is 18.1 Å². The molecule has 24 heavy (non-hydrogen) atoms. The number of benzene rings is 2. The summed E-state index contributed by atoms with van der Waals surface area (Å²) in [5, 5.41) is 2.77. The van der Waals surface area contributed by atoms with Crippen molar-refractivity contribution >= 4 is 17.5 Å². The van der Waals surface area contributed by atoms with Gasteiger partial charge in [-0.1, -0.05) is 12.1 Å². The molecule has 2 aromatic rings. The minimum Gasteiger partial charge on any atom is -0.497 e. The summed E-state index contributed by atoms with van der Waals surface area (Å²) in [5.74, 6) is 0.332. The van der Waals surface area contributed by atoms with E-state index in [4.69, 9.17) is 15.2 Å². The lowest BCUT2D eigenvalue weighted by atomic mass is 9.95. The normalized spacial score (nSPS) is 15.8. The van der Waals surface area contributed by atoms with Crippen LogP contribution in [-0.4, -0.2) is 25.5 Å². The molecule has 0 spiro atoms. The quantitative estimate of drug-likeness (QED) is 0.899. The molecule has 124 valence electrons. The SMILES string of the molecule is COc1ccc2c(c1)CC(C(=O)Nc1ccccc1C(N)=O)CO2. The topological polar surface area (TPSA) is 90.6 Å². The summed E-state index contributed by atoms with van der Waals surface area (Å²) >= 11 is 0. The maximum Gasteiger partial charge on any atom is 0.250 e. The molecule has 3 N–H and O–H groups in total. The van der Waals surface area contributed by atoms with Crippen molar-refractivity contribution in [2.45, 2.75) is 6.42 Å². The Hall–Kier alpha value is -3.02. The summed E-state index contributed by atoms with van der Waals surface area (Å²) in [4.78, 5) is 24.0. The molecule has 1 heterocycles. The smallest absolute Gasteiger partial charge is 0.250 e. The summed E-state index contributed by atoms with van der Waals surface area (Å²) in [7, 11) is 1.59. The molecule has 0 saturated heterocycles. The molecule has 2 aromatic carbocycles. The maximum atomic E-state index is 12.5. The van der Waals surface area contributed by atoms with E-state index in [1.54, 1.807) is 31.4 Å². The summed E-state index contributed by atoms with van der Waals surface area (Å²) in [5.41, 5.74) is 6.95. The van der Waals surface area contributed by atoms with E-state index in [1.807, 2.05) is 18.2 Å². The molecule has 6 heteroatoms. The zero-order valence-corrected chi connectivity index (χ0v) is 13.2. The number of carbonyl (C=O) groups excluding carboxylic acids is 2. The number of hydrogen-bond donors (Lipinski definition) is 2. The zero-order chi connectivity index (χ0) is 17.1. The van der Waals surface area contributed by atoms with Crippen LogP contribution in [0.5, 0.6) is 11.5 Å². The summed E-state index contributed by atoms with van der Waals surface area (Å²) in [6.45, 7) is 0.282. The van der Waals surface area contributed by atoms with Crippen LogP contribution < -0.4 is 20.5 Å². The van der Waals surface area contributed by atoms with E-state index in [2.05, 4.69) is 5.32 Å². The molecule has 0 fully saturated rings. The third kappa shape index (κ3) is 3.17. The first-order chi connectivity index (χ1) is 11.6. The Morgan fingerprint density at radius 1 is 1.25 bits per heavy atom. The highest BCUT2D eigenvalue weighted by Gasteiger charge is 2.27. The maximum absolute atomic E-state index is 12.5. The third-order valence-corrected chi connectivity index (χ3v) is 4.00. The Bertz CT molecular complexity index is 788. The van der Waals surface area contributed by atoms with Crippen molar-refractivity contribution in [2.75, 3.05) is 19.0 Å². The molecule has 1 unspecified atom stereocenters. The number of ether oxygens (including phenoxy) is 2. The number of rotatable bonds is 4. The highest BCUT2D eigenvalue weighted by molar-refractivity contribution is 6.03. The van der Waals surface area contributed by atoms with E-state index in [0.29, 0.717) is 12.1 Å². The number of fused-ring (bicyclic) bond motifs is 1. The van der Waals surface area contributed by atoms with Crippen LogP contribution in [0.4, 0.5) is 5.69 Å². The molecule has 0 bridgehead atoms. The molecule has 2 amide bonds. The van der Waals surface area contributed by atoms with Gasteiger partial charge in [0.25, 0.3) is 5.91 Å². The van der Waals surface area contributed by atoms with Gasteiger partial charge in [-0.05, 0) is 42.3 Å². The summed E-state index contributed by atoms with van der Waals surface area (Å²) < 4.78 is 10.9. The standard InChI is InChI=1S/C18H18N2O4/c1-23-13-6-7-16-11(9-13)8-12(10-24-16)18(22)20-15-5-3-2-4-14(15)17(19)21/h2-7,9,12H,8,10H2,1H3,(H2,19,21)(H,20,22). The monoisotopic (exact) mass is 326 g/mol. The average Bonchev–Trinajstić information content (AvgIpc) is 2.61. The van der Waals surface area contributed by atoms with Crippen LogP contribution >= 0.6 is 0 Å². The minimum atomic E-state index is -0.583. The van der Waals surface area contributed by atoms with Crippen molar-refractivity contribution in [1.82, 2.24) is 0 Å².